The van der Waals surface area contributed by atoms with Gasteiger partial charge < -0.3 is 15.5 Å². The van der Waals surface area contributed by atoms with Crippen LogP contribution in [0.2, 0.25) is 0 Å². The van der Waals surface area contributed by atoms with Crippen LogP contribution >= 0.6 is 12.6 Å². The molecule has 0 aliphatic heterocycles. The predicted molar refractivity (Wildman–Crippen MR) is 55.2 cm³/mol. The molecule has 0 spiro atoms. The Balaban J connectivity index is 2.77. The Labute approximate surface area is 91.2 Å². The lowest BCUT2D eigenvalue weighted by Crippen LogP contribution is -2.23. The second kappa shape index (κ2) is 5.29. The van der Waals surface area contributed by atoms with Crippen LogP contribution in [0.5, 0.6) is 0 Å². The lowest BCUT2D eigenvalue weighted by atomic mass is 10.2. The fourth-order valence-electron chi connectivity index (χ4n) is 1.02. The summed E-state index contributed by atoms with van der Waals surface area (Å²) in [6.45, 7) is -0.468. The zero-order valence-electron chi connectivity index (χ0n) is 7.74. The maximum atomic E-state index is 13.2. The molecule has 0 saturated heterocycles. The van der Waals surface area contributed by atoms with Gasteiger partial charge in [0.1, 0.15) is 11.6 Å². The Morgan fingerprint density at radius 2 is 2.07 bits per heavy atom. The van der Waals surface area contributed by atoms with Crippen molar-refractivity contribution in [2.75, 3.05) is 18.5 Å². The topological polar surface area (TPSA) is 52.5 Å². The van der Waals surface area contributed by atoms with E-state index in [0.717, 1.165) is 6.07 Å². The van der Waals surface area contributed by atoms with Crippen molar-refractivity contribution >= 4 is 18.3 Å². The van der Waals surface area contributed by atoms with E-state index in [0.29, 0.717) is 6.07 Å². The molecule has 0 heterocycles. The van der Waals surface area contributed by atoms with Crippen LogP contribution in [-0.4, -0.2) is 29.5 Å². The van der Waals surface area contributed by atoms with Crippen molar-refractivity contribution in [2.45, 2.75) is 11.0 Å². The Morgan fingerprint density at radius 1 is 1.40 bits per heavy atom. The summed E-state index contributed by atoms with van der Waals surface area (Å²) in [5.41, 5.74) is 0.00670. The fourth-order valence-corrected chi connectivity index (χ4v) is 1.33. The van der Waals surface area contributed by atoms with Crippen LogP contribution in [0.1, 0.15) is 0 Å². The normalized spacial score (nSPS) is 12.6. The standard InChI is InChI=1S/C9H11F2NO2S/c10-5-1-7(11)9(8(15)2-5)12-3-6(14)4-13/h1-2,6,12-15H,3-4H2. The van der Waals surface area contributed by atoms with Gasteiger partial charge in [0.25, 0.3) is 0 Å². The quantitative estimate of drug-likeness (QED) is 0.589. The van der Waals surface area contributed by atoms with Gasteiger partial charge in [0.05, 0.1) is 18.4 Å². The van der Waals surface area contributed by atoms with Gasteiger partial charge >= 0.3 is 0 Å². The van der Waals surface area contributed by atoms with E-state index in [4.69, 9.17) is 10.2 Å². The number of rotatable bonds is 4. The smallest absolute Gasteiger partial charge is 0.150 e. The molecule has 1 aromatic carbocycles. The molecular weight excluding hydrogens is 224 g/mol. The minimum Gasteiger partial charge on any atom is -0.394 e. The van der Waals surface area contributed by atoms with Gasteiger partial charge in [-0.05, 0) is 6.07 Å². The van der Waals surface area contributed by atoms with E-state index in [1.54, 1.807) is 0 Å². The van der Waals surface area contributed by atoms with Crippen molar-refractivity contribution < 1.29 is 19.0 Å². The summed E-state index contributed by atoms with van der Waals surface area (Å²) < 4.78 is 25.8. The summed E-state index contributed by atoms with van der Waals surface area (Å²) in [5, 5.41) is 20.1. The number of anilines is 1. The minimum absolute atomic E-state index is 0.00670. The van der Waals surface area contributed by atoms with Crippen molar-refractivity contribution in [3.63, 3.8) is 0 Å². The average molecular weight is 235 g/mol. The molecular formula is C9H11F2NO2S. The highest BCUT2D eigenvalue weighted by molar-refractivity contribution is 7.80. The van der Waals surface area contributed by atoms with Crippen molar-refractivity contribution in [2.24, 2.45) is 0 Å². The van der Waals surface area contributed by atoms with E-state index in [2.05, 4.69) is 17.9 Å². The summed E-state index contributed by atoms with van der Waals surface area (Å²) in [6.07, 6.45) is -0.998. The number of thiol groups is 1. The van der Waals surface area contributed by atoms with Gasteiger partial charge in [-0.2, -0.15) is 0 Å². The first-order chi connectivity index (χ1) is 7.04. The first-order valence-electron chi connectivity index (χ1n) is 4.25. The minimum atomic E-state index is -0.998. The van der Waals surface area contributed by atoms with Gasteiger partial charge in [0, 0.05) is 17.5 Å². The zero-order chi connectivity index (χ0) is 11.4. The number of nitrogens with one attached hydrogen (secondary N) is 1. The number of aliphatic hydroxyl groups is 2. The molecule has 0 bridgehead atoms. The summed E-state index contributed by atoms with van der Waals surface area (Å²) >= 11 is 3.88. The highest BCUT2D eigenvalue weighted by Gasteiger charge is 2.10. The second-order valence-electron chi connectivity index (χ2n) is 3.00. The van der Waals surface area contributed by atoms with E-state index in [-0.39, 0.29) is 17.1 Å². The molecule has 84 valence electrons. The molecule has 6 heteroatoms. The molecule has 1 rings (SSSR count). The van der Waals surface area contributed by atoms with Crippen LogP contribution in [0.15, 0.2) is 17.0 Å². The highest BCUT2D eigenvalue weighted by atomic mass is 32.1. The van der Waals surface area contributed by atoms with Gasteiger partial charge in [0.15, 0.2) is 0 Å². The van der Waals surface area contributed by atoms with Gasteiger partial charge in [-0.25, -0.2) is 8.78 Å². The fraction of sp³-hybridized carbons (Fsp3) is 0.333. The van der Waals surface area contributed by atoms with Crippen molar-refractivity contribution in [3.8, 4) is 0 Å². The Hall–Kier alpha value is -0.850. The summed E-state index contributed by atoms with van der Waals surface area (Å²) in [5.74, 6) is -1.50. The number of hydrogen-bond acceptors (Lipinski definition) is 4. The van der Waals surface area contributed by atoms with Crippen molar-refractivity contribution in [3.05, 3.63) is 23.8 Å². The SMILES string of the molecule is OCC(O)CNc1c(F)cc(F)cc1S. The number of halogens is 2. The molecule has 3 nitrogen and oxygen atoms in total. The summed E-state index contributed by atoms with van der Waals surface area (Å²) in [7, 11) is 0. The third-order valence-electron chi connectivity index (χ3n) is 1.76. The molecule has 1 aromatic rings. The van der Waals surface area contributed by atoms with Crippen LogP contribution in [0.25, 0.3) is 0 Å². The van der Waals surface area contributed by atoms with Crippen molar-refractivity contribution in [1.82, 2.24) is 0 Å². The van der Waals surface area contributed by atoms with E-state index in [1.165, 1.54) is 0 Å². The molecule has 0 aliphatic carbocycles. The molecule has 15 heavy (non-hydrogen) atoms. The lowest BCUT2D eigenvalue weighted by molar-refractivity contribution is 0.105. The van der Waals surface area contributed by atoms with Gasteiger partial charge in [-0.15, -0.1) is 12.6 Å². The first kappa shape index (κ1) is 12.2. The largest absolute Gasteiger partial charge is 0.394 e. The third kappa shape index (κ3) is 3.33. The second-order valence-corrected chi connectivity index (χ2v) is 3.48. The molecule has 0 fully saturated rings. The number of benzene rings is 1. The molecule has 0 radical (unpaired) electrons. The summed E-state index contributed by atoms with van der Waals surface area (Å²) in [4.78, 5) is 0.109. The molecule has 1 unspecified atom stereocenters. The first-order valence-corrected chi connectivity index (χ1v) is 4.70. The maximum Gasteiger partial charge on any atom is 0.150 e. The average Bonchev–Trinajstić information content (AvgIpc) is 2.15. The van der Waals surface area contributed by atoms with Crippen LogP contribution in [0.3, 0.4) is 0 Å². The molecule has 0 aromatic heterocycles. The monoisotopic (exact) mass is 235 g/mol. The molecule has 0 saturated carbocycles. The predicted octanol–water partition coefficient (Wildman–Crippen LogP) is 1.02. The molecule has 0 amide bonds. The van der Waals surface area contributed by atoms with Crippen molar-refractivity contribution in [1.29, 1.82) is 0 Å². The summed E-state index contributed by atoms with van der Waals surface area (Å²) in [6, 6.07) is 1.77. The van der Waals surface area contributed by atoms with Crippen LogP contribution in [0, 0.1) is 11.6 Å². The number of aliphatic hydroxyl groups excluding tert-OH is 2. The van der Waals surface area contributed by atoms with Crippen LogP contribution < -0.4 is 5.32 Å². The highest BCUT2D eigenvalue weighted by Crippen LogP contribution is 2.24. The van der Waals surface area contributed by atoms with E-state index < -0.39 is 24.3 Å². The molecule has 3 N–H and O–H groups in total. The lowest BCUT2D eigenvalue weighted by Gasteiger charge is -2.12. The zero-order valence-corrected chi connectivity index (χ0v) is 8.64. The van der Waals surface area contributed by atoms with Crippen LogP contribution in [-0.2, 0) is 0 Å². The van der Waals surface area contributed by atoms with E-state index in [1.807, 2.05) is 0 Å². The maximum absolute atomic E-state index is 13.2. The molecule has 0 aliphatic rings. The van der Waals surface area contributed by atoms with E-state index in [9.17, 15) is 8.78 Å². The van der Waals surface area contributed by atoms with Gasteiger partial charge in [0.2, 0.25) is 0 Å². The Bertz CT molecular complexity index is 326. The van der Waals surface area contributed by atoms with E-state index >= 15 is 0 Å². The van der Waals surface area contributed by atoms with Gasteiger partial charge in [-0.3, -0.25) is 0 Å². The molecule has 1 atom stereocenters. The Morgan fingerprint density at radius 3 is 2.60 bits per heavy atom. The van der Waals surface area contributed by atoms with Crippen LogP contribution in [0.4, 0.5) is 14.5 Å². The third-order valence-corrected chi connectivity index (χ3v) is 2.11. The van der Waals surface area contributed by atoms with Gasteiger partial charge in [-0.1, -0.05) is 0 Å². The number of hydrogen-bond donors (Lipinski definition) is 4. The Kier molecular flexibility index (Phi) is 4.31.